The standard InChI is InChI=1S/C12H15Cl2NO2/c1-3-4-5-15-11-9(13)6-8(7-10(11)14)12(16)17-2/h6-7,15H,3-5H2,1-2H3. The molecular weight excluding hydrogens is 261 g/mol. The van der Waals surface area contributed by atoms with Crippen molar-refractivity contribution in [3.8, 4) is 0 Å². The molecule has 0 bridgehead atoms. The van der Waals surface area contributed by atoms with Crippen LogP contribution >= 0.6 is 23.2 Å². The molecule has 5 heteroatoms. The molecule has 0 aliphatic heterocycles. The fraction of sp³-hybridized carbons (Fsp3) is 0.417. The number of methoxy groups -OCH3 is 1. The molecule has 0 saturated heterocycles. The van der Waals surface area contributed by atoms with E-state index in [1.807, 2.05) is 0 Å². The maximum atomic E-state index is 11.3. The minimum absolute atomic E-state index is 0.351. The summed E-state index contributed by atoms with van der Waals surface area (Å²) in [6.45, 7) is 2.90. The van der Waals surface area contributed by atoms with Gasteiger partial charge in [-0.2, -0.15) is 0 Å². The van der Waals surface area contributed by atoms with Crippen molar-refractivity contribution in [2.75, 3.05) is 19.0 Å². The van der Waals surface area contributed by atoms with E-state index >= 15 is 0 Å². The molecule has 0 amide bonds. The first-order chi connectivity index (χ1) is 8.10. The Bertz CT molecular complexity index is 384. The third-order valence-electron chi connectivity index (χ3n) is 2.30. The Balaban J connectivity index is 2.90. The number of hydrogen-bond donors (Lipinski definition) is 1. The molecule has 17 heavy (non-hydrogen) atoms. The number of halogens is 2. The summed E-state index contributed by atoms with van der Waals surface area (Å²) < 4.78 is 4.61. The summed E-state index contributed by atoms with van der Waals surface area (Å²) in [5.41, 5.74) is 1.01. The van der Waals surface area contributed by atoms with Gasteiger partial charge in [0.1, 0.15) is 0 Å². The van der Waals surface area contributed by atoms with Crippen LogP contribution in [0.4, 0.5) is 5.69 Å². The molecule has 0 saturated carbocycles. The van der Waals surface area contributed by atoms with Crippen molar-refractivity contribution < 1.29 is 9.53 Å². The maximum absolute atomic E-state index is 11.3. The first-order valence-corrected chi connectivity index (χ1v) is 6.17. The van der Waals surface area contributed by atoms with Gasteiger partial charge in [-0.1, -0.05) is 36.5 Å². The van der Waals surface area contributed by atoms with E-state index in [1.165, 1.54) is 7.11 Å². The topological polar surface area (TPSA) is 38.3 Å². The van der Waals surface area contributed by atoms with Gasteiger partial charge in [-0.3, -0.25) is 0 Å². The molecule has 0 aliphatic rings. The number of carbonyl (C=O) groups is 1. The van der Waals surface area contributed by atoms with Gasteiger partial charge >= 0.3 is 5.97 Å². The minimum Gasteiger partial charge on any atom is -0.465 e. The number of ether oxygens (including phenoxy) is 1. The molecule has 1 N–H and O–H groups in total. The number of anilines is 1. The summed E-state index contributed by atoms with van der Waals surface area (Å²) >= 11 is 12.1. The molecule has 1 aromatic carbocycles. The molecule has 0 fully saturated rings. The molecule has 0 atom stereocenters. The van der Waals surface area contributed by atoms with Crippen molar-refractivity contribution in [1.29, 1.82) is 0 Å². The zero-order valence-electron chi connectivity index (χ0n) is 9.85. The highest BCUT2D eigenvalue weighted by atomic mass is 35.5. The van der Waals surface area contributed by atoms with Crippen LogP contribution < -0.4 is 5.32 Å². The van der Waals surface area contributed by atoms with Gasteiger partial charge in [0.15, 0.2) is 0 Å². The molecule has 3 nitrogen and oxygen atoms in total. The highest BCUT2D eigenvalue weighted by Crippen LogP contribution is 2.32. The Labute approximate surface area is 111 Å². The molecule has 0 heterocycles. The van der Waals surface area contributed by atoms with Crippen LogP contribution in [-0.2, 0) is 4.74 Å². The van der Waals surface area contributed by atoms with Gasteiger partial charge in [0, 0.05) is 6.54 Å². The normalized spacial score (nSPS) is 10.1. The van der Waals surface area contributed by atoms with Crippen molar-refractivity contribution >= 4 is 34.9 Å². The zero-order chi connectivity index (χ0) is 12.8. The Morgan fingerprint density at radius 1 is 1.35 bits per heavy atom. The summed E-state index contributed by atoms with van der Waals surface area (Å²) in [6.07, 6.45) is 2.12. The van der Waals surface area contributed by atoms with Gasteiger partial charge in [0.05, 0.1) is 28.4 Å². The first-order valence-electron chi connectivity index (χ1n) is 5.41. The van der Waals surface area contributed by atoms with Crippen molar-refractivity contribution in [1.82, 2.24) is 0 Å². The van der Waals surface area contributed by atoms with E-state index in [2.05, 4.69) is 17.0 Å². The largest absolute Gasteiger partial charge is 0.465 e. The van der Waals surface area contributed by atoms with E-state index in [1.54, 1.807) is 12.1 Å². The fourth-order valence-corrected chi connectivity index (χ4v) is 1.99. The number of hydrogen-bond acceptors (Lipinski definition) is 3. The Morgan fingerprint density at radius 3 is 2.41 bits per heavy atom. The number of carbonyl (C=O) groups excluding carboxylic acids is 1. The van der Waals surface area contributed by atoms with Gasteiger partial charge in [-0.25, -0.2) is 4.79 Å². The van der Waals surface area contributed by atoms with Crippen LogP contribution in [0.5, 0.6) is 0 Å². The van der Waals surface area contributed by atoms with Crippen molar-refractivity contribution in [2.45, 2.75) is 19.8 Å². The second kappa shape index (κ2) is 6.72. The van der Waals surface area contributed by atoms with Gasteiger partial charge in [-0.05, 0) is 18.6 Å². The van der Waals surface area contributed by atoms with Crippen LogP contribution in [0.15, 0.2) is 12.1 Å². The molecule has 1 aromatic rings. The molecule has 0 spiro atoms. The monoisotopic (exact) mass is 275 g/mol. The van der Waals surface area contributed by atoms with E-state index in [9.17, 15) is 4.79 Å². The van der Waals surface area contributed by atoms with E-state index in [-0.39, 0.29) is 0 Å². The lowest BCUT2D eigenvalue weighted by Gasteiger charge is -2.11. The van der Waals surface area contributed by atoms with Crippen molar-refractivity contribution in [2.24, 2.45) is 0 Å². The number of unbranched alkanes of at least 4 members (excludes halogenated alkanes) is 1. The SMILES string of the molecule is CCCCNc1c(Cl)cc(C(=O)OC)cc1Cl. The summed E-state index contributed by atoms with van der Waals surface area (Å²) in [7, 11) is 1.32. The van der Waals surface area contributed by atoms with Crippen LogP contribution in [0.1, 0.15) is 30.1 Å². The van der Waals surface area contributed by atoms with Crippen LogP contribution in [-0.4, -0.2) is 19.6 Å². The predicted octanol–water partition coefficient (Wildman–Crippen LogP) is 3.99. The molecule has 94 valence electrons. The average molecular weight is 276 g/mol. The summed E-state index contributed by atoms with van der Waals surface area (Å²) in [4.78, 5) is 11.3. The summed E-state index contributed by atoms with van der Waals surface area (Å²) in [6, 6.07) is 3.10. The van der Waals surface area contributed by atoms with E-state index in [0.717, 1.165) is 19.4 Å². The molecule has 1 rings (SSSR count). The number of esters is 1. The number of rotatable bonds is 5. The third kappa shape index (κ3) is 3.79. The highest BCUT2D eigenvalue weighted by Gasteiger charge is 2.12. The first kappa shape index (κ1) is 14.1. The van der Waals surface area contributed by atoms with Crippen LogP contribution in [0.3, 0.4) is 0 Å². The van der Waals surface area contributed by atoms with Gasteiger partial charge in [-0.15, -0.1) is 0 Å². The van der Waals surface area contributed by atoms with E-state index in [4.69, 9.17) is 23.2 Å². The Hall–Kier alpha value is -0.930. The van der Waals surface area contributed by atoms with Crippen molar-refractivity contribution in [3.63, 3.8) is 0 Å². The summed E-state index contributed by atoms with van der Waals surface area (Å²) in [5, 5.41) is 4.00. The van der Waals surface area contributed by atoms with E-state index in [0.29, 0.717) is 21.3 Å². The number of nitrogens with one attached hydrogen (secondary N) is 1. The lowest BCUT2D eigenvalue weighted by Crippen LogP contribution is -2.05. The number of benzene rings is 1. The minimum atomic E-state index is -0.450. The van der Waals surface area contributed by atoms with Crippen LogP contribution in [0.2, 0.25) is 10.0 Å². The molecule has 0 radical (unpaired) electrons. The van der Waals surface area contributed by atoms with Gasteiger partial charge < -0.3 is 10.1 Å². The lowest BCUT2D eigenvalue weighted by atomic mass is 10.2. The second-order valence-corrected chi connectivity index (χ2v) is 4.40. The van der Waals surface area contributed by atoms with Crippen LogP contribution in [0, 0.1) is 0 Å². The van der Waals surface area contributed by atoms with E-state index < -0.39 is 5.97 Å². The average Bonchev–Trinajstić information content (AvgIpc) is 2.31. The maximum Gasteiger partial charge on any atom is 0.337 e. The molecular formula is C12H15Cl2NO2. The lowest BCUT2D eigenvalue weighted by molar-refractivity contribution is 0.0601. The van der Waals surface area contributed by atoms with Gasteiger partial charge in [0.2, 0.25) is 0 Å². The molecule has 0 aromatic heterocycles. The smallest absolute Gasteiger partial charge is 0.337 e. The predicted molar refractivity (Wildman–Crippen MR) is 71.2 cm³/mol. The molecule has 0 aliphatic carbocycles. The second-order valence-electron chi connectivity index (χ2n) is 3.59. The van der Waals surface area contributed by atoms with Gasteiger partial charge in [0.25, 0.3) is 0 Å². The van der Waals surface area contributed by atoms with Crippen LogP contribution in [0.25, 0.3) is 0 Å². The fourth-order valence-electron chi connectivity index (χ4n) is 1.37. The Kier molecular flexibility index (Phi) is 5.59. The van der Waals surface area contributed by atoms with Crippen molar-refractivity contribution in [3.05, 3.63) is 27.7 Å². The zero-order valence-corrected chi connectivity index (χ0v) is 11.4. The molecule has 0 unspecified atom stereocenters. The Morgan fingerprint density at radius 2 is 1.94 bits per heavy atom. The third-order valence-corrected chi connectivity index (χ3v) is 2.89. The highest BCUT2D eigenvalue weighted by molar-refractivity contribution is 6.39. The quantitative estimate of drug-likeness (QED) is 0.652. The summed E-state index contributed by atoms with van der Waals surface area (Å²) in [5.74, 6) is -0.450.